The molecule has 4 rings (SSSR count). The number of aromatic nitrogens is 2. The standard InChI is InChI=1S/C19H14ClN5O/c1-12-5-2-3-8-16(12)18-23-19-22-15(10-17(26)25(19)24-18)11-21-14-7-4-6-13(20)9-14/h2-10,21H,1,11H2/p+1. The highest BCUT2D eigenvalue weighted by Crippen LogP contribution is 2.15. The van der Waals surface area contributed by atoms with E-state index in [1.807, 2.05) is 42.5 Å². The van der Waals surface area contributed by atoms with E-state index in [0.29, 0.717) is 28.7 Å². The van der Waals surface area contributed by atoms with Crippen LogP contribution >= 0.6 is 11.6 Å². The lowest BCUT2D eigenvalue weighted by molar-refractivity contribution is -0.574. The molecule has 0 amide bonds. The molecule has 0 fully saturated rings. The maximum atomic E-state index is 12.4. The average Bonchev–Trinajstić information content (AvgIpc) is 3.05. The van der Waals surface area contributed by atoms with Gasteiger partial charge in [0.25, 0.3) is 5.82 Å². The van der Waals surface area contributed by atoms with Crippen molar-refractivity contribution in [3.8, 4) is 0 Å². The Hall–Kier alpha value is -3.25. The van der Waals surface area contributed by atoms with Crippen LogP contribution in [0.15, 0.2) is 69.5 Å². The molecule has 0 radical (unpaired) electrons. The number of nitrogens with zero attached hydrogens (tertiary/aromatic N) is 3. The fraction of sp³-hybridized carbons (Fsp3) is 0.0526. The Labute approximate surface area is 153 Å². The van der Waals surface area contributed by atoms with Gasteiger partial charge in [0.05, 0.1) is 12.6 Å². The first-order valence-corrected chi connectivity index (χ1v) is 8.38. The van der Waals surface area contributed by atoms with Gasteiger partial charge in [-0.05, 0) is 34.5 Å². The van der Waals surface area contributed by atoms with Crippen molar-refractivity contribution in [2.24, 2.45) is 10.1 Å². The Morgan fingerprint density at radius 3 is 2.81 bits per heavy atom. The molecule has 2 N–H and O–H groups in total. The second-order valence-electron chi connectivity index (χ2n) is 5.82. The van der Waals surface area contributed by atoms with Crippen molar-refractivity contribution < 1.29 is 4.36 Å². The predicted octanol–water partition coefficient (Wildman–Crippen LogP) is 0.769. The van der Waals surface area contributed by atoms with Gasteiger partial charge in [0.1, 0.15) is 5.69 Å². The summed E-state index contributed by atoms with van der Waals surface area (Å²) in [4.78, 5) is 19.9. The number of rotatable bonds is 3. The highest BCUT2D eigenvalue weighted by molar-refractivity contribution is 6.30. The van der Waals surface area contributed by atoms with Gasteiger partial charge < -0.3 is 5.32 Å². The summed E-state index contributed by atoms with van der Waals surface area (Å²) in [6.07, 6.45) is 0. The van der Waals surface area contributed by atoms with Crippen LogP contribution in [0.4, 0.5) is 5.69 Å². The lowest BCUT2D eigenvalue weighted by Gasteiger charge is -2.04. The van der Waals surface area contributed by atoms with Crippen LogP contribution in [0.3, 0.4) is 0 Å². The van der Waals surface area contributed by atoms with Gasteiger partial charge in [-0.25, -0.2) is 9.78 Å². The molecule has 1 aliphatic rings. The van der Waals surface area contributed by atoms with Crippen molar-refractivity contribution in [3.63, 3.8) is 0 Å². The lowest BCUT2D eigenvalue weighted by Crippen LogP contribution is -2.50. The van der Waals surface area contributed by atoms with Crippen LogP contribution in [0, 0.1) is 0 Å². The molecule has 2 heterocycles. The number of halogens is 1. The number of aromatic amines is 1. The van der Waals surface area contributed by atoms with Gasteiger partial charge in [-0.1, -0.05) is 51.9 Å². The highest BCUT2D eigenvalue weighted by Gasteiger charge is 2.16. The van der Waals surface area contributed by atoms with Gasteiger partial charge >= 0.3 is 11.2 Å². The van der Waals surface area contributed by atoms with E-state index >= 15 is 0 Å². The van der Waals surface area contributed by atoms with E-state index in [2.05, 4.69) is 27.0 Å². The zero-order valence-electron chi connectivity index (χ0n) is 13.7. The summed E-state index contributed by atoms with van der Waals surface area (Å²) in [5.41, 5.74) is 1.70. The molecule has 7 heteroatoms. The van der Waals surface area contributed by atoms with Crippen LogP contribution in [-0.4, -0.2) is 4.98 Å². The number of anilines is 1. The first-order chi connectivity index (χ1) is 12.6. The monoisotopic (exact) mass is 364 g/mol. The summed E-state index contributed by atoms with van der Waals surface area (Å²) < 4.78 is 1.25. The van der Waals surface area contributed by atoms with E-state index in [4.69, 9.17) is 11.6 Å². The van der Waals surface area contributed by atoms with Crippen LogP contribution in [0.2, 0.25) is 5.02 Å². The largest absolute Gasteiger partial charge is 0.426 e. The number of hydrogen-bond acceptors (Lipinski definition) is 4. The summed E-state index contributed by atoms with van der Waals surface area (Å²) >= 11 is 5.98. The fourth-order valence-corrected chi connectivity index (χ4v) is 2.87. The Morgan fingerprint density at radius 1 is 1.15 bits per heavy atom. The predicted molar refractivity (Wildman–Crippen MR) is 99.6 cm³/mol. The summed E-state index contributed by atoms with van der Waals surface area (Å²) in [5.74, 6) is 0.462. The van der Waals surface area contributed by atoms with E-state index in [9.17, 15) is 4.79 Å². The van der Waals surface area contributed by atoms with Crippen LogP contribution in [0.25, 0.3) is 12.4 Å². The van der Waals surface area contributed by atoms with E-state index in [-0.39, 0.29) is 5.56 Å². The molecule has 128 valence electrons. The normalized spacial score (nSPS) is 14.3. The van der Waals surface area contributed by atoms with Crippen molar-refractivity contribution in [2.75, 3.05) is 5.32 Å². The third-order valence-electron chi connectivity index (χ3n) is 3.95. The Balaban J connectivity index is 1.73. The third-order valence-corrected chi connectivity index (χ3v) is 4.19. The molecule has 26 heavy (non-hydrogen) atoms. The topological polar surface area (TPSA) is 75.5 Å². The summed E-state index contributed by atoms with van der Waals surface area (Å²) in [7, 11) is 0. The summed E-state index contributed by atoms with van der Waals surface area (Å²) in [6, 6.07) is 16.4. The number of hydrogen-bond donors (Lipinski definition) is 2. The van der Waals surface area contributed by atoms with Gasteiger partial charge in [-0.15, -0.1) is 0 Å². The van der Waals surface area contributed by atoms with Gasteiger partial charge in [0.15, 0.2) is 0 Å². The minimum absolute atomic E-state index is 0.248. The molecule has 0 unspecified atom stereocenters. The minimum Gasteiger partial charge on any atom is -0.378 e. The molecule has 1 aliphatic heterocycles. The van der Waals surface area contributed by atoms with E-state index in [0.717, 1.165) is 16.1 Å². The number of nitrogens with one attached hydrogen (secondary N) is 2. The maximum absolute atomic E-state index is 12.4. The Bertz CT molecular complexity index is 1300. The van der Waals surface area contributed by atoms with Crippen LogP contribution in [-0.2, 0) is 6.54 Å². The quantitative estimate of drug-likeness (QED) is 0.674. The third kappa shape index (κ3) is 3.14. The summed E-state index contributed by atoms with van der Waals surface area (Å²) in [5, 5.41) is 9.76. The molecule has 0 bridgehead atoms. The van der Waals surface area contributed by atoms with Crippen molar-refractivity contribution in [3.05, 3.63) is 91.7 Å². The zero-order chi connectivity index (χ0) is 18.1. The minimum atomic E-state index is -0.248. The second-order valence-corrected chi connectivity index (χ2v) is 6.26. The van der Waals surface area contributed by atoms with E-state index in [1.54, 1.807) is 6.07 Å². The van der Waals surface area contributed by atoms with Crippen molar-refractivity contribution in [1.82, 2.24) is 4.98 Å². The molecule has 6 nitrogen and oxygen atoms in total. The van der Waals surface area contributed by atoms with E-state index < -0.39 is 0 Å². The van der Waals surface area contributed by atoms with Gasteiger partial charge in [0, 0.05) is 15.9 Å². The van der Waals surface area contributed by atoms with Crippen LogP contribution in [0.5, 0.6) is 0 Å². The molecule has 0 spiro atoms. The van der Waals surface area contributed by atoms with Gasteiger partial charge in [-0.3, -0.25) is 0 Å². The fourth-order valence-electron chi connectivity index (χ4n) is 2.68. The molecule has 0 saturated heterocycles. The van der Waals surface area contributed by atoms with Crippen molar-refractivity contribution in [1.29, 1.82) is 0 Å². The average molecular weight is 365 g/mol. The Morgan fingerprint density at radius 2 is 2.00 bits per heavy atom. The molecule has 2 aromatic carbocycles. The first-order valence-electron chi connectivity index (χ1n) is 8.00. The highest BCUT2D eigenvalue weighted by atomic mass is 35.5. The maximum Gasteiger partial charge on any atom is 0.426 e. The SMILES string of the molecule is C=c1ccccc1=C1N=c2[nH]c(CNc3cccc(Cl)c3)cc(=O)[n+]2=N1. The van der Waals surface area contributed by atoms with Crippen molar-refractivity contribution in [2.45, 2.75) is 6.54 Å². The second kappa shape index (κ2) is 6.57. The molecule has 0 aliphatic carbocycles. The molecule has 3 aromatic rings. The smallest absolute Gasteiger partial charge is 0.378 e. The number of benzene rings is 2. The number of fused-ring (bicyclic) bond motifs is 1. The molecular formula is C19H15ClN5O+. The van der Waals surface area contributed by atoms with Crippen LogP contribution < -0.4 is 31.3 Å². The van der Waals surface area contributed by atoms with Crippen LogP contribution in [0.1, 0.15) is 5.69 Å². The van der Waals surface area contributed by atoms with Gasteiger partial charge in [-0.2, -0.15) is 0 Å². The van der Waals surface area contributed by atoms with E-state index in [1.165, 1.54) is 10.4 Å². The number of H-pyrrole nitrogens is 1. The Kier molecular flexibility index (Phi) is 4.10. The first kappa shape index (κ1) is 16.2. The zero-order valence-corrected chi connectivity index (χ0v) is 14.5. The van der Waals surface area contributed by atoms with Crippen molar-refractivity contribution >= 4 is 29.7 Å². The molecular weight excluding hydrogens is 350 g/mol. The lowest BCUT2D eigenvalue weighted by atomic mass is 10.2. The molecule has 0 atom stereocenters. The van der Waals surface area contributed by atoms with Gasteiger partial charge in [0.2, 0.25) is 0 Å². The molecule has 0 saturated carbocycles. The molecule has 1 aromatic heterocycles. The summed E-state index contributed by atoms with van der Waals surface area (Å²) in [6.45, 7) is 4.41.